The van der Waals surface area contributed by atoms with E-state index < -0.39 is 0 Å². The average molecular weight is 273 g/mol. The Labute approximate surface area is 120 Å². The summed E-state index contributed by atoms with van der Waals surface area (Å²) in [5, 5.41) is 13.2. The van der Waals surface area contributed by atoms with Gasteiger partial charge in [-0.15, -0.1) is 0 Å². The van der Waals surface area contributed by atoms with Crippen LogP contribution in [-0.2, 0) is 4.74 Å². The van der Waals surface area contributed by atoms with Gasteiger partial charge in [0.1, 0.15) is 0 Å². The first-order valence-corrected chi connectivity index (χ1v) is 7.91. The summed E-state index contributed by atoms with van der Waals surface area (Å²) in [7, 11) is 0. The summed E-state index contributed by atoms with van der Waals surface area (Å²) in [4.78, 5) is 0. The Morgan fingerprint density at radius 1 is 0.947 bits per heavy atom. The number of hydrogen-bond donors (Lipinski definition) is 2. The lowest BCUT2D eigenvalue weighted by Gasteiger charge is -2.18. The monoisotopic (exact) mass is 273 g/mol. The fraction of sp³-hybridized carbons (Fsp3) is 1.00. The van der Waals surface area contributed by atoms with Crippen LogP contribution in [0.1, 0.15) is 60.3 Å². The van der Waals surface area contributed by atoms with Gasteiger partial charge >= 0.3 is 0 Å². The predicted molar refractivity (Wildman–Crippen MR) is 82.4 cm³/mol. The molecule has 116 valence electrons. The highest BCUT2D eigenvalue weighted by Crippen LogP contribution is 2.06. The fourth-order valence-electron chi connectivity index (χ4n) is 1.89. The van der Waals surface area contributed by atoms with Gasteiger partial charge in [-0.05, 0) is 44.4 Å². The van der Waals surface area contributed by atoms with Gasteiger partial charge in [0.15, 0.2) is 0 Å². The zero-order valence-corrected chi connectivity index (χ0v) is 13.6. The van der Waals surface area contributed by atoms with Gasteiger partial charge in [-0.3, -0.25) is 0 Å². The molecule has 2 atom stereocenters. The summed E-state index contributed by atoms with van der Waals surface area (Å²) < 4.78 is 5.49. The first kappa shape index (κ1) is 18.9. The predicted octanol–water partition coefficient (Wildman–Crippen LogP) is 3.21. The molecule has 3 nitrogen and oxygen atoms in total. The Morgan fingerprint density at radius 3 is 2.16 bits per heavy atom. The molecule has 0 aliphatic rings. The Kier molecular flexibility index (Phi) is 11.6. The molecule has 0 spiro atoms. The van der Waals surface area contributed by atoms with Crippen molar-refractivity contribution in [2.24, 2.45) is 11.8 Å². The minimum Gasteiger partial charge on any atom is -0.389 e. The summed E-state index contributed by atoms with van der Waals surface area (Å²) in [6.45, 7) is 12.9. The van der Waals surface area contributed by atoms with Crippen molar-refractivity contribution in [1.82, 2.24) is 5.32 Å². The van der Waals surface area contributed by atoms with E-state index in [0.717, 1.165) is 24.9 Å². The molecule has 0 rings (SSSR count). The molecule has 0 bridgehead atoms. The van der Waals surface area contributed by atoms with Gasteiger partial charge in [-0.25, -0.2) is 0 Å². The number of aliphatic hydroxyl groups excluding tert-OH is 1. The second-order valence-electron chi connectivity index (χ2n) is 6.55. The number of ether oxygens (including phenoxy) is 1. The zero-order valence-electron chi connectivity index (χ0n) is 13.6. The molecule has 0 saturated carbocycles. The Morgan fingerprint density at radius 2 is 1.58 bits per heavy atom. The molecule has 0 saturated heterocycles. The fourth-order valence-corrected chi connectivity index (χ4v) is 1.89. The summed E-state index contributed by atoms with van der Waals surface area (Å²) in [6, 6.07) is 0.470. The molecular weight excluding hydrogens is 238 g/mol. The van der Waals surface area contributed by atoms with Crippen molar-refractivity contribution in [3.63, 3.8) is 0 Å². The molecule has 0 fully saturated rings. The average Bonchev–Trinajstić information content (AvgIpc) is 2.33. The molecule has 0 aliphatic heterocycles. The van der Waals surface area contributed by atoms with Gasteiger partial charge < -0.3 is 15.2 Å². The van der Waals surface area contributed by atoms with Gasteiger partial charge in [0.2, 0.25) is 0 Å². The Bertz CT molecular complexity index is 195. The van der Waals surface area contributed by atoms with E-state index in [1.165, 1.54) is 19.3 Å². The van der Waals surface area contributed by atoms with Crippen molar-refractivity contribution in [2.75, 3.05) is 19.8 Å². The van der Waals surface area contributed by atoms with Crippen LogP contribution in [-0.4, -0.2) is 37.0 Å². The minimum atomic E-state index is -0.388. The molecule has 0 heterocycles. The molecule has 0 aliphatic carbocycles. The van der Waals surface area contributed by atoms with Crippen molar-refractivity contribution >= 4 is 0 Å². The van der Waals surface area contributed by atoms with Gasteiger partial charge in [0.05, 0.1) is 12.7 Å². The number of hydrogen-bond acceptors (Lipinski definition) is 3. The molecule has 2 N–H and O–H groups in total. The van der Waals surface area contributed by atoms with E-state index in [4.69, 9.17) is 4.74 Å². The van der Waals surface area contributed by atoms with Crippen LogP contribution in [0, 0.1) is 11.8 Å². The Hall–Kier alpha value is -0.120. The smallest absolute Gasteiger partial charge is 0.0897 e. The number of nitrogens with one attached hydrogen (secondary N) is 1. The topological polar surface area (TPSA) is 41.5 Å². The lowest BCUT2D eigenvalue weighted by atomic mass is 10.0. The molecule has 3 heteroatoms. The maximum atomic E-state index is 9.80. The van der Waals surface area contributed by atoms with Gasteiger partial charge in [-0.1, -0.05) is 27.7 Å². The minimum absolute atomic E-state index is 0.388. The van der Waals surface area contributed by atoms with E-state index in [-0.39, 0.29) is 6.10 Å². The largest absolute Gasteiger partial charge is 0.389 e. The van der Waals surface area contributed by atoms with E-state index in [2.05, 4.69) is 39.9 Å². The van der Waals surface area contributed by atoms with Crippen LogP contribution in [0.5, 0.6) is 0 Å². The number of rotatable bonds is 12. The number of aliphatic hydroxyl groups is 1. The summed E-state index contributed by atoms with van der Waals surface area (Å²) in [5.74, 6) is 1.48. The second-order valence-corrected chi connectivity index (χ2v) is 6.55. The van der Waals surface area contributed by atoms with E-state index >= 15 is 0 Å². The van der Waals surface area contributed by atoms with E-state index in [1.54, 1.807) is 0 Å². The van der Waals surface area contributed by atoms with Gasteiger partial charge in [0.25, 0.3) is 0 Å². The molecule has 2 unspecified atom stereocenters. The van der Waals surface area contributed by atoms with Crippen LogP contribution in [0.25, 0.3) is 0 Å². The van der Waals surface area contributed by atoms with Gasteiger partial charge in [0, 0.05) is 19.2 Å². The van der Waals surface area contributed by atoms with E-state index in [9.17, 15) is 5.11 Å². The lowest BCUT2D eigenvalue weighted by Crippen LogP contribution is -2.36. The van der Waals surface area contributed by atoms with Crippen molar-refractivity contribution in [2.45, 2.75) is 72.4 Å². The Balaban J connectivity index is 3.40. The quantitative estimate of drug-likeness (QED) is 0.537. The molecule has 0 aromatic heterocycles. The molecule has 0 radical (unpaired) electrons. The normalized spacial score (nSPS) is 15.2. The second kappa shape index (κ2) is 11.7. The SMILES string of the molecule is CC(C)CCCOCC(O)CNC(C)CCC(C)C. The van der Waals surface area contributed by atoms with Crippen molar-refractivity contribution in [3.8, 4) is 0 Å². The van der Waals surface area contributed by atoms with Crippen LogP contribution in [0.15, 0.2) is 0 Å². The summed E-state index contributed by atoms with van der Waals surface area (Å²) >= 11 is 0. The van der Waals surface area contributed by atoms with E-state index in [0.29, 0.717) is 19.2 Å². The molecule has 19 heavy (non-hydrogen) atoms. The maximum Gasteiger partial charge on any atom is 0.0897 e. The lowest BCUT2D eigenvalue weighted by molar-refractivity contribution is 0.0335. The third kappa shape index (κ3) is 14.1. The van der Waals surface area contributed by atoms with Crippen LogP contribution < -0.4 is 5.32 Å². The summed E-state index contributed by atoms with van der Waals surface area (Å²) in [5.41, 5.74) is 0. The first-order valence-electron chi connectivity index (χ1n) is 7.91. The van der Waals surface area contributed by atoms with E-state index in [1.807, 2.05) is 0 Å². The standard InChI is InChI=1S/C16H35NO2/c1-13(2)7-6-10-19-12-16(18)11-17-15(5)9-8-14(3)4/h13-18H,6-12H2,1-5H3. The highest BCUT2D eigenvalue weighted by Gasteiger charge is 2.08. The zero-order chi connectivity index (χ0) is 14.7. The molecule has 0 aromatic carbocycles. The van der Waals surface area contributed by atoms with Crippen LogP contribution in [0.2, 0.25) is 0 Å². The molecule has 0 amide bonds. The van der Waals surface area contributed by atoms with Crippen LogP contribution >= 0.6 is 0 Å². The highest BCUT2D eigenvalue weighted by molar-refractivity contribution is 4.66. The van der Waals surface area contributed by atoms with Crippen molar-refractivity contribution in [3.05, 3.63) is 0 Å². The van der Waals surface area contributed by atoms with Crippen LogP contribution in [0.3, 0.4) is 0 Å². The first-order chi connectivity index (χ1) is 8.91. The molecular formula is C16H35NO2. The van der Waals surface area contributed by atoms with Crippen molar-refractivity contribution < 1.29 is 9.84 Å². The third-order valence-corrected chi connectivity index (χ3v) is 3.26. The summed E-state index contributed by atoms with van der Waals surface area (Å²) in [6.07, 6.45) is 4.29. The van der Waals surface area contributed by atoms with Crippen LogP contribution in [0.4, 0.5) is 0 Å². The van der Waals surface area contributed by atoms with Crippen molar-refractivity contribution in [1.29, 1.82) is 0 Å². The molecule has 0 aromatic rings. The maximum absolute atomic E-state index is 9.80. The highest BCUT2D eigenvalue weighted by atomic mass is 16.5. The van der Waals surface area contributed by atoms with Gasteiger partial charge in [-0.2, -0.15) is 0 Å². The third-order valence-electron chi connectivity index (χ3n) is 3.26.